The second-order valence-electron chi connectivity index (χ2n) is 7.77. The van der Waals surface area contributed by atoms with Crippen molar-refractivity contribution in [3.63, 3.8) is 0 Å². The molecule has 1 N–H and O–H groups in total. The highest BCUT2D eigenvalue weighted by atomic mass is 16.2. The lowest BCUT2D eigenvalue weighted by Gasteiger charge is -2.28. The molecule has 0 aromatic heterocycles. The number of para-hydroxylation sites is 1. The van der Waals surface area contributed by atoms with Crippen LogP contribution in [0, 0.1) is 17.2 Å². The van der Waals surface area contributed by atoms with Gasteiger partial charge < -0.3 is 10.2 Å². The molecule has 3 rings (SSSR count). The number of hydrogen-bond acceptors (Lipinski definition) is 4. The van der Waals surface area contributed by atoms with Gasteiger partial charge in [-0.3, -0.25) is 9.69 Å². The lowest BCUT2D eigenvalue weighted by Crippen LogP contribution is -2.44. The molecule has 1 heterocycles. The summed E-state index contributed by atoms with van der Waals surface area (Å²) < 4.78 is 0. The first-order chi connectivity index (χ1) is 12.7. The summed E-state index contributed by atoms with van der Waals surface area (Å²) in [5, 5.41) is 12.6. The third-order valence-corrected chi connectivity index (χ3v) is 5.70. The van der Waals surface area contributed by atoms with Gasteiger partial charge in [0.25, 0.3) is 0 Å². The van der Waals surface area contributed by atoms with E-state index in [4.69, 9.17) is 0 Å². The van der Waals surface area contributed by atoms with Crippen molar-refractivity contribution in [2.24, 2.45) is 5.92 Å². The van der Waals surface area contributed by atoms with Crippen molar-refractivity contribution in [1.29, 1.82) is 5.26 Å². The smallest absolute Gasteiger partial charge is 0.234 e. The van der Waals surface area contributed by atoms with E-state index < -0.39 is 0 Å². The molecule has 1 aromatic rings. The van der Waals surface area contributed by atoms with Gasteiger partial charge in [-0.1, -0.05) is 19.1 Å². The Balaban J connectivity index is 1.49. The lowest BCUT2D eigenvalue weighted by atomic mass is 9.87. The van der Waals surface area contributed by atoms with Crippen molar-refractivity contribution in [3.05, 3.63) is 29.8 Å². The van der Waals surface area contributed by atoms with Gasteiger partial charge in [-0.05, 0) is 50.2 Å². The minimum absolute atomic E-state index is 0.162. The number of carbonyl (C=O) groups excluding carboxylic acids is 1. The molecule has 1 saturated heterocycles. The molecule has 1 aliphatic heterocycles. The largest absolute Gasteiger partial charge is 0.369 e. The summed E-state index contributed by atoms with van der Waals surface area (Å²) in [7, 11) is 0. The molecule has 0 unspecified atom stereocenters. The first-order valence-electron chi connectivity index (χ1n) is 9.91. The Bertz CT molecular complexity index is 646. The first-order valence-corrected chi connectivity index (χ1v) is 9.91. The zero-order valence-corrected chi connectivity index (χ0v) is 15.8. The second-order valence-corrected chi connectivity index (χ2v) is 7.77. The Hall–Kier alpha value is -2.06. The van der Waals surface area contributed by atoms with Crippen molar-refractivity contribution in [2.75, 3.05) is 37.6 Å². The van der Waals surface area contributed by atoms with Crippen molar-refractivity contribution >= 4 is 11.6 Å². The molecule has 5 heteroatoms. The van der Waals surface area contributed by atoms with Crippen LogP contribution in [0.25, 0.3) is 0 Å². The van der Waals surface area contributed by atoms with Crippen LogP contribution >= 0.6 is 0 Å². The highest BCUT2D eigenvalue weighted by Crippen LogP contribution is 2.23. The fraction of sp³-hybridized carbons (Fsp3) is 0.619. The molecule has 2 aliphatic rings. The molecular formula is C21H30N4O. The molecule has 1 amide bonds. The van der Waals surface area contributed by atoms with Crippen LogP contribution in [0.5, 0.6) is 0 Å². The van der Waals surface area contributed by atoms with E-state index in [1.165, 1.54) is 12.8 Å². The van der Waals surface area contributed by atoms with Crippen molar-refractivity contribution < 1.29 is 4.79 Å². The summed E-state index contributed by atoms with van der Waals surface area (Å²) in [6.45, 7) is 6.35. The summed E-state index contributed by atoms with van der Waals surface area (Å²) in [6, 6.07) is 10.4. The maximum Gasteiger partial charge on any atom is 0.234 e. The third kappa shape index (κ3) is 4.98. The molecule has 0 spiro atoms. The number of anilines is 1. The zero-order chi connectivity index (χ0) is 18.4. The van der Waals surface area contributed by atoms with Crippen LogP contribution in [-0.4, -0.2) is 49.6 Å². The normalized spacial score (nSPS) is 24.5. The number of nitrogens with one attached hydrogen (secondary N) is 1. The predicted molar refractivity (Wildman–Crippen MR) is 104 cm³/mol. The van der Waals surface area contributed by atoms with Crippen LogP contribution in [0.15, 0.2) is 24.3 Å². The number of rotatable bonds is 4. The van der Waals surface area contributed by atoms with Crippen molar-refractivity contribution in [2.45, 2.75) is 45.1 Å². The average Bonchev–Trinajstić information content (AvgIpc) is 2.89. The summed E-state index contributed by atoms with van der Waals surface area (Å²) in [4.78, 5) is 16.9. The fourth-order valence-corrected chi connectivity index (χ4v) is 4.09. The summed E-state index contributed by atoms with van der Waals surface area (Å²) >= 11 is 0. The Labute approximate surface area is 157 Å². The lowest BCUT2D eigenvalue weighted by molar-refractivity contribution is -0.123. The fourth-order valence-electron chi connectivity index (χ4n) is 4.09. The van der Waals surface area contributed by atoms with E-state index in [2.05, 4.69) is 28.1 Å². The first kappa shape index (κ1) is 18.7. The summed E-state index contributed by atoms with van der Waals surface area (Å²) in [5.74, 6) is 0.964. The van der Waals surface area contributed by atoms with E-state index in [9.17, 15) is 10.1 Å². The average molecular weight is 354 g/mol. The van der Waals surface area contributed by atoms with Crippen LogP contribution in [0.3, 0.4) is 0 Å². The minimum Gasteiger partial charge on any atom is -0.369 e. The van der Waals surface area contributed by atoms with Crippen LogP contribution < -0.4 is 10.2 Å². The highest BCUT2D eigenvalue weighted by molar-refractivity contribution is 5.78. The van der Waals surface area contributed by atoms with Gasteiger partial charge in [0.05, 0.1) is 17.8 Å². The topological polar surface area (TPSA) is 59.4 Å². The molecule has 1 aromatic carbocycles. The number of amides is 1. The van der Waals surface area contributed by atoms with Crippen LogP contribution in [0.2, 0.25) is 0 Å². The van der Waals surface area contributed by atoms with Gasteiger partial charge in [0.15, 0.2) is 0 Å². The maximum absolute atomic E-state index is 12.4. The van der Waals surface area contributed by atoms with Gasteiger partial charge in [-0.25, -0.2) is 0 Å². The Morgan fingerprint density at radius 3 is 2.69 bits per heavy atom. The standard InChI is InChI=1S/C21H30N4O/c1-17-7-9-19(10-8-17)23-21(26)16-24-11-4-12-25(14-13-24)20-6-3-2-5-18(20)15-22/h2-3,5-6,17,19H,4,7-14,16H2,1H3,(H,23,26). The zero-order valence-electron chi connectivity index (χ0n) is 15.8. The maximum atomic E-state index is 12.4. The molecule has 1 aliphatic carbocycles. The van der Waals surface area contributed by atoms with Crippen LogP contribution in [0.1, 0.15) is 44.6 Å². The SMILES string of the molecule is CC1CCC(NC(=O)CN2CCCN(c3ccccc3C#N)CC2)CC1. The Kier molecular flexibility index (Phi) is 6.51. The van der Waals surface area contributed by atoms with Crippen LogP contribution in [0.4, 0.5) is 5.69 Å². The summed E-state index contributed by atoms with van der Waals surface area (Å²) in [5.41, 5.74) is 1.74. The van der Waals surface area contributed by atoms with Gasteiger partial charge >= 0.3 is 0 Å². The van der Waals surface area contributed by atoms with Gasteiger partial charge in [0, 0.05) is 32.2 Å². The molecule has 140 valence electrons. The molecular weight excluding hydrogens is 324 g/mol. The molecule has 26 heavy (non-hydrogen) atoms. The molecule has 0 atom stereocenters. The second kappa shape index (κ2) is 9.05. The van der Waals surface area contributed by atoms with E-state index in [1.807, 2.05) is 24.3 Å². The Morgan fingerprint density at radius 1 is 1.15 bits per heavy atom. The van der Waals surface area contributed by atoms with E-state index >= 15 is 0 Å². The number of benzene rings is 1. The number of nitriles is 1. The van der Waals surface area contributed by atoms with E-state index in [1.54, 1.807) is 0 Å². The van der Waals surface area contributed by atoms with Crippen molar-refractivity contribution in [1.82, 2.24) is 10.2 Å². The van der Waals surface area contributed by atoms with E-state index in [0.717, 1.165) is 62.6 Å². The van der Waals surface area contributed by atoms with Crippen molar-refractivity contribution in [3.8, 4) is 6.07 Å². The predicted octanol–water partition coefficient (Wildman–Crippen LogP) is 2.77. The minimum atomic E-state index is 0.162. The molecule has 2 fully saturated rings. The van der Waals surface area contributed by atoms with Gasteiger partial charge in [0.2, 0.25) is 5.91 Å². The number of hydrogen-bond donors (Lipinski definition) is 1. The molecule has 1 saturated carbocycles. The van der Waals surface area contributed by atoms with Gasteiger partial charge in [-0.2, -0.15) is 5.26 Å². The number of carbonyl (C=O) groups is 1. The third-order valence-electron chi connectivity index (χ3n) is 5.70. The monoisotopic (exact) mass is 354 g/mol. The van der Waals surface area contributed by atoms with E-state index in [0.29, 0.717) is 12.6 Å². The highest BCUT2D eigenvalue weighted by Gasteiger charge is 2.22. The van der Waals surface area contributed by atoms with E-state index in [-0.39, 0.29) is 5.91 Å². The van der Waals surface area contributed by atoms with Crippen LogP contribution in [-0.2, 0) is 4.79 Å². The summed E-state index contributed by atoms with van der Waals surface area (Å²) in [6.07, 6.45) is 5.69. The molecule has 5 nitrogen and oxygen atoms in total. The van der Waals surface area contributed by atoms with Gasteiger partial charge in [-0.15, -0.1) is 0 Å². The van der Waals surface area contributed by atoms with Gasteiger partial charge in [0.1, 0.15) is 6.07 Å². The quantitative estimate of drug-likeness (QED) is 0.903. The molecule has 0 radical (unpaired) electrons. The molecule has 0 bridgehead atoms. The number of nitrogens with zero attached hydrogens (tertiary/aromatic N) is 3. The Morgan fingerprint density at radius 2 is 1.92 bits per heavy atom.